The maximum Gasteiger partial charge on any atom is 0.182 e. The third-order valence-corrected chi connectivity index (χ3v) is 4.18. The van der Waals surface area contributed by atoms with E-state index in [1.54, 1.807) is 6.07 Å². The van der Waals surface area contributed by atoms with Crippen LogP contribution in [0.2, 0.25) is 0 Å². The fourth-order valence-electron chi connectivity index (χ4n) is 3.03. The van der Waals surface area contributed by atoms with Crippen LogP contribution in [-0.4, -0.2) is 11.1 Å². The number of rotatable bonds is 2. The molecule has 4 heteroatoms. The Morgan fingerprint density at radius 3 is 2.77 bits per heavy atom. The Hall–Kier alpha value is -2.36. The minimum atomic E-state index is -0.0768. The Bertz CT molecular complexity index is 833. The van der Waals surface area contributed by atoms with Crippen molar-refractivity contribution in [1.82, 2.24) is 4.98 Å². The first-order valence-electron chi connectivity index (χ1n) is 7.79. The van der Waals surface area contributed by atoms with Crippen molar-refractivity contribution in [3.8, 4) is 17.2 Å². The van der Waals surface area contributed by atoms with Gasteiger partial charge in [0.05, 0.1) is 6.10 Å². The number of aromatic nitrogens is 1. The van der Waals surface area contributed by atoms with E-state index in [1.807, 2.05) is 18.2 Å². The molecule has 0 atom stereocenters. The first kappa shape index (κ1) is 13.3. The van der Waals surface area contributed by atoms with Gasteiger partial charge in [-0.1, -0.05) is 6.42 Å². The zero-order valence-electron chi connectivity index (χ0n) is 12.2. The number of ether oxygens (including phenoxy) is 1. The molecule has 0 amide bonds. The number of nitrogens with zero attached hydrogens (tertiary/aromatic N) is 1. The highest BCUT2D eigenvalue weighted by molar-refractivity contribution is 5.77. The van der Waals surface area contributed by atoms with Gasteiger partial charge in [-0.25, -0.2) is 4.98 Å². The Balaban J connectivity index is 1.71. The third-order valence-electron chi connectivity index (χ3n) is 4.18. The minimum Gasteiger partial charge on any atom is -0.490 e. The summed E-state index contributed by atoms with van der Waals surface area (Å²) in [6.45, 7) is 0. The van der Waals surface area contributed by atoms with Crippen molar-refractivity contribution in [3.05, 3.63) is 46.6 Å². The fourth-order valence-corrected chi connectivity index (χ4v) is 3.03. The molecule has 4 nitrogen and oxygen atoms in total. The van der Waals surface area contributed by atoms with Crippen LogP contribution in [0.1, 0.15) is 32.1 Å². The minimum absolute atomic E-state index is 0.0768. The van der Waals surface area contributed by atoms with Crippen molar-refractivity contribution in [1.29, 1.82) is 0 Å². The predicted octanol–water partition coefficient (Wildman–Crippen LogP) is 4.00. The SMILES string of the molecule is O=c1ccc2nc3ccc(OC4CCCCC4)cc3oc-2c1. The zero-order valence-corrected chi connectivity index (χ0v) is 12.2. The van der Waals surface area contributed by atoms with Gasteiger partial charge in [0.2, 0.25) is 0 Å². The number of hydrogen-bond acceptors (Lipinski definition) is 4. The van der Waals surface area contributed by atoms with Crippen molar-refractivity contribution in [2.75, 3.05) is 0 Å². The van der Waals surface area contributed by atoms with Gasteiger partial charge in [0.1, 0.15) is 17.0 Å². The summed E-state index contributed by atoms with van der Waals surface area (Å²) in [5.41, 5.74) is 2.02. The highest BCUT2D eigenvalue weighted by Gasteiger charge is 2.16. The van der Waals surface area contributed by atoms with E-state index in [9.17, 15) is 4.79 Å². The molecule has 112 valence electrons. The molecule has 0 saturated heterocycles. The Morgan fingerprint density at radius 2 is 1.91 bits per heavy atom. The summed E-state index contributed by atoms with van der Waals surface area (Å²) in [5, 5.41) is 0. The van der Waals surface area contributed by atoms with Gasteiger partial charge < -0.3 is 9.15 Å². The van der Waals surface area contributed by atoms with E-state index in [0.717, 1.165) is 24.1 Å². The van der Waals surface area contributed by atoms with Gasteiger partial charge in [-0.2, -0.15) is 0 Å². The summed E-state index contributed by atoms with van der Waals surface area (Å²) < 4.78 is 11.9. The lowest BCUT2D eigenvalue weighted by Gasteiger charge is -2.23. The van der Waals surface area contributed by atoms with Crippen LogP contribution in [0.4, 0.5) is 0 Å². The van der Waals surface area contributed by atoms with Crippen LogP contribution in [-0.2, 0) is 0 Å². The van der Waals surface area contributed by atoms with Crippen LogP contribution in [0.15, 0.2) is 45.6 Å². The lowest BCUT2D eigenvalue weighted by Crippen LogP contribution is -2.19. The summed E-state index contributed by atoms with van der Waals surface area (Å²) in [4.78, 5) is 16.0. The maximum absolute atomic E-state index is 11.4. The van der Waals surface area contributed by atoms with E-state index in [-0.39, 0.29) is 5.43 Å². The molecule has 1 fully saturated rings. The highest BCUT2D eigenvalue weighted by Crippen LogP contribution is 2.28. The average molecular weight is 295 g/mol. The Kier molecular flexibility index (Phi) is 3.29. The second kappa shape index (κ2) is 5.44. The standard InChI is InChI=1S/C18H17NO3/c20-12-6-8-15-17(10-12)22-18-11-14(7-9-16(18)19-15)21-13-4-2-1-3-5-13/h6-11,13H,1-5H2. The van der Waals surface area contributed by atoms with Crippen molar-refractivity contribution in [3.63, 3.8) is 0 Å². The molecule has 1 aromatic rings. The maximum atomic E-state index is 11.4. The van der Waals surface area contributed by atoms with Crippen LogP contribution in [0.5, 0.6) is 5.75 Å². The lowest BCUT2D eigenvalue weighted by atomic mass is 9.98. The van der Waals surface area contributed by atoms with E-state index in [4.69, 9.17) is 9.15 Å². The summed E-state index contributed by atoms with van der Waals surface area (Å²) in [6, 6.07) is 10.4. The zero-order chi connectivity index (χ0) is 14.9. The molecule has 1 heterocycles. The van der Waals surface area contributed by atoms with Gasteiger partial charge in [-0.3, -0.25) is 4.79 Å². The molecular formula is C18H17NO3. The average Bonchev–Trinajstić information content (AvgIpc) is 2.54. The van der Waals surface area contributed by atoms with Crippen molar-refractivity contribution in [2.45, 2.75) is 38.2 Å². The molecule has 0 bridgehead atoms. The first-order chi connectivity index (χ1) is 10.8. The molecule has 0 aromatic heterocycles. The van der Waals surface area contributed by atoms with Gasteiger partial charge in [-0.05, 0) is 49.9 Å². The molecule has 3 aliphatic rings. The molecule has 2 aliphatic carbocycles. The fraction of sp³-hybridized carbons (Fsp3) is 0.333. The van der Waals surface area contributed by atoms with Gasteiger partial charge in [0.25, 0.3) is 0 Å². The summed E-state index contributed by atoms with van der Waals surface area (Å²) >= 11 is 0. The summed E-state index contributed by atoms with van der Waals surface area (Å²) in [5.74, 6) is 1.32. The number of fused-ring (bicyclic) bond motifs is 2. The number of benzene rings is 2. The second-order valence-corrected chi connectivity index (χ2v) is 5.85. The first-order valence-corrected chi connectivity index (χ1v) is 7.79. The molecule has 1 aromatic carbocycles. The number of hydrogen-bond donors (Lipinski definition) is 0. The monoisotopic (exact) mass is 295 g/mol. The van der Waals surface area contributed by atoms with Crippen LogP contribution in [0, 0.1) is 0 Å². The van der Waals surface area contributed by atoms with E-state index >= 15 is 0 Å². The topological polar surface area (TPSA) is 52.3 Å². The van der Waals surface area contributed by atoms with Gasteiger partial charge in [0, 0.05) is 12.1 Å². The van der Waals surface area contributed by atoms with Crippen LogP contribution in [0.3, 0.4) is 0 Å². The van der Waals surface area contributed by atoms with Gasteiger partial charge in [-0.15, -0.1) is 0 Å². The molecule has 22 heavy (non-hydrogen) atoms. The van der Waals surface area contributed by atoms with E-state index in [2.05, 4.69) is 4.98 Å². The Labute approximate surface area is 128 Å². The second-order valence-electron chi connectivity index (χ2n) is 5.85. The van der Waals surface area contributed by atoms with Crippen LogP contribution >= 0.6 is 0 Å². The molecule has 0 N–H and O–H groups in total. The van der Waals surface area contributed by atoms with Crippen LogP contribution < -0.4 is 10.2 Å². The summed E-state index contributed by atoms with van der Waals surface area (Å²) in [6.07, 6.45) is 6.31. The summed E-state index contributed by atoms with van der Waals surface area (Å²) in [7, 11) is 0. The Morgan fingerprint density at radius 1 is 1.05 bits per heavy atom. The predicted molar refractivity (Wildman–Crippen MR) is 84.4 cm³/mol. The van der Waals surface area contributed by atoms with Crippen LogP contribution in [0.25, 0.3) is 22.6 Å². The highest BCUT2D eigenvalue weighted by atomic mass is 16.5. The molecule has 4 rings (SSSR count). The van der Waals surface area contributed by atoms with Crippen molar-refractivity contribution >= 4 is 11.1 Å². The smallest absolute Gasteiger partial charge is 0.182 e. The van der Waals surface area contributed by atoms with Crippen molar-refractivity contribution in [2.24, 2.45) is 0 Å². The van der Waals surface area contributed by atoms with Gasteiger partial charge in [0.15, 0.2) is 16.8 Å². The quantitative estimate of drug-likeness (QED) is 0.670. The third kappa shape index (κ3) is 2.56. The van der Waals surface area contributed by atoms with Crippen molar-refractivity contribution < 1.29 is 9.15 Å². The van der Waals surface area contributed by atoms with Gasteiger partial charge >= 0.3 is 0 Å². The molecule has 0 radical (unpaired) electrons. The lowest BCUT2D eigenvalue weighted by molar-refractivity contribution is 0.155. The van der Waals surface area contributed by atoms with E-state index in [1.165, 1.54) is 31.4 Å². The molecule has 1 saturated carbocycles. The van der Waals surface area contributed by atoms with E-state index < -0.39 is 0 Å². The molecule has 0 spiro atoms. The molecule has 0 unspecified atom stereocenters. The normalized spacial score (nSPS) is 16.2. The molecular weight excluding hydrogens is 278 g/mol. The molecule has 1 aliphatic heterocycles. The largest absolute Gasteiger partial charge is 0.490 e. The van der Waals surface area contributed by atoms with E-state index in [0.29, 0.717) is 23.1 Å².